The van der Waals surface area contributed by atoms with Gasteiger partial charge in [0.25, 0.3) is 0 Å². The molecule has 0 saturated heterocycles. The van der Waals surface area contributed by atoms with Crippen LogP contribution < -0.4 is 16.4 Å². The second kappa shape index (κ2) is 23.6. The molecule has 1 unspecified atom stereocenters. The monoisotopic (exact) mass is 541 g/mol. The summed E-state index contributed by atoms with van der Waals surface area (Å²) in [4.78, 5) is 38.9. The Morgan fingerprint density at radius 2 is 1.79 bits per heavy atom. The molecular weight excluding hydrogens is 490 g/mol. The first kappa shape index (κ1) is 37.6. The number of aldehydes is 1. The minimum absolute atomic E-state index is 0.0242. The molecule has 1 aromatic heterocycles. The van der Waals surface area contributed by atoms with Crippen molar-refractivity contribution < 1.29 is 14.4 Å². The van der Waals surface area contributed by atoms with Gasteiger partial charge in [-0.3, -0.25) is 9.59 Å². The Morgan fingerprint density at radius 3 is 2.36 bits per heavy atom. The lowest BCUT2D eigenvalue weighted by molar-refractivity contribution is -0.118. The molecule has 1 heterocycles. The van der Waals surface area contributed by atoms with E-state index in [1.54, 1.807) is 12.3 Å². The zero-order valence-electron chi connectivity index (χ0n) is 25.5. The third-order valence-corrected chi connectivity index (χ3v) is 5.14. The Hall–Kier alpha value is -3.52. The van der Waals surface area contributed by atoms with Gasteiger partial charge in [0.1, 0.15) is 12.1 Å². The number of nitrogens with zero attached hydrogens (tertiary/aromatic N) is 2. The fourth-order valence-electron chi connectivity index (χ4n) is 3.22. The summed E-state index contributed by atoms with van der Waals surface area (Å²) in [5.41, 5.74) is 7.31. The number of aromatic nitrogens is 1. The third kappa shape index (κ3) is 16.8. The summed E-state index contributed by atoms with van der Waals surface area (Å²) in [5.74, 6) is 0.263. The van der Waals surface area contributed by atoms with Gasteiger partial charge in [0, 0.05) is 48.8 Å². The summed E-state index contributed by atoms with van der Waals surface area (Å²) in [7, 11) is 2.11. The van der Waals surface area contributed by atoms with Crippen LogP contribution >= 0.6 is 0 Å². The van der Waals surface area contributed by atoms with Crippen LogP contribution in [0.5, 0.6) is 0 Å². The van der Waals surface area contributed by atoms with Gasteiger partial charge in [-0.25, -0.2) is 4.98 Å². The van der Waals surface area contributed by atoms with Gasteiger partial charge in [-0.1, -0.05) is 53.7 Å². The van der Waals surface area contributed by atoms with E-state index < -0.39 is 0 Å². The molecule has 0 bridgehead atoms. The molecular formula is C31H51N5O3. The summed E-state index contributed by atoms with van der Waals surface area (Å²) in [5, 5.41) is 7.32. The number of hydrogen-bond donors (Lipinski definition) is 3. The number of carbonyl (C=O) groups excluding carboxylic acids is 3. The van der Waals surface area contributed by atoms with E-state index in [2.05, 4.69) is 54.4 Å². The Kier molecular flexibility index (Phi) is 22.8. The molecule has 2 aromatic rings. The minimum atomic E-state index is -0.177. The highest BCUT2D eigenvalue weighted by molar-refractivity contribution is 5.97. The van der Waals surface area contributed by atoms with Gasteiger partial charge in [0.15, 0.2) is 0 Å². The molecule has 0 aliphatic heterocycles. The van der Waals surface area contributed by atoms with Crippen LogP contribution in [0.15, 0.2) is 54.4 Å². The Labute approximate surface area is 236 Å². The second-order valence-corrected chi connectivity index (χ2v) is 8.21. The molecule has 0 aliphatic carbocycles. The maximum Gasteiger partial charge on any atom is 0.224 e. The molecule has 8 nitrogen and oxygen atoms in total. The number of nitrogens with two attached hydrogens (primary N) is 1. The molecule has 39 heavy (non-hydrogen) atoms. The molecule has 0 radical (unpaired) electrons. The van der Waals surface area contributed by atoms with Crippen molar-refractivity contribution in [2.75, 3.05) is 24.6 Å². The highest BCUT2D eigenvalue weighted by Gasteiger charge is 2.05. The van der Waals surface area contributed by atoms with Crippen LogP contribution in [0.1, 0.15) is 81.1 Å². The zero-order valence-corrected chi connectivity index (χ0v) is 25.5. The standard InChI is InChI=1S/C14H26N2O.C13H13N3O2.2C2H6/c1-6-8-14(15-13(4)17)10-9-12(3)16(5)11-7-2;14-13-11-4-3-10(8-9(11)5-6-15-13)16-12(18)2-1-7-17;2*1-2/h8-10,12H,6-7,11H2,1-5H3,(H,15,17);3-8H,1-2H2,(H2,14,15)(H,16,18);2*1-2H3/b10-9-,14-8+;;;. The second-order valence-electron chi connectivity index (χ2n) is 8.21. The lowest BCUT2D eigenvalue weighted by Gasteiger charge is -2.21. The van der Waals surface area contributed by atoms with Crippen LogP contribution in [0.4, 0.5) is 11.5 Å². The van der Waals surface area contributed by atoms with Crippen LogP contribution in [0.3, 0.4) is 0 Å². The summed E-state index contributed by atoms with van der Waals surface area (Å²) in [6.45, 7) is 17.0. The molecule has 0 fully saturated rings. The van der Waals surface area contributed by atoms with Crippen molar-refractivity contribution in [1.82, 2.24) is 15.2 Å². The number of fused-ring (bicyclic) bond motifs is 1. The third-order valence-electron chi connectivity index (χ3n) is 5.14. The molecule has 0 spiro atoms. The smallest absolute Gasteiger partial charge is 0.224 e. The summed E-state index contributed by atoms with van der Waals surface area (Å²) in [6.07, 6.45) is 11.0. The van der Waals surface area contributed by atoms with Gasteiger partial charge in [0.05, 0.1) is 0 Å². The predicted octanol–water partition coefficient (Wildman–Crippen LogP) is 6.49. The van der Waals surface area contributed by atoms with E-state index in [1.807, 2.05) is 58.0 Å². The Bertz CT molecular complexity index is 1030. The first-order chi connectivity index (χ1) is 18.7. The number of anilines is 2. The quantitative estimate of drug-likeness (QED) is 0.221. The number of pyridine rings is 1. The maximum atomic E-state index is 11.5. The van der Waals surface area contributed by atoms with E-state index in [0.29, 0.717) is 17.5 Å². The van der Waals surface area contributed by atoms with Crippen molar-refractivity contribution in [3.05, 3.63) is 54.4 Å². The van der Waals surface area contributed by atoms with Crippen LogP contribution in [-0.4, -0.2) is 47.6 Å². The summed E-state index contributed by atoms with van der Waals surface area (Å²) >= 11 is 0. The average Bonchev–Trinajstić information content (AvgIpc) is 2.93. The number of hydrogen-bond acceptors (Lipinski definition) is 6. The van der Waals surface area contributed by atoms with E-state index in [-0.39, 0.29) is 24.7 Å². The molecule has 2 amide bonds. The number of amides is 2. The van der Waals surface area contributed by atoms with Gasteiger partial charge in [-0.15, -0.1) is 0 Å². The molecule has 0 aliphatic rings. The van der Waals surface area contributed by atoms with Crippen LogP contribution in [0.2, 0.25) is 0 Å². The molecule has 218 valence electrons. The fraction of sp³-hybridized carbons (Fsp3) is 0.484. The minimum Gasteiger partial charge on any atom is -0.383 e. The number of nitrogens with one attached hydrogen (secondary N) is 2. The number of nitrogen functional groups attached to an aromatic ring is 1. The van der Waals surface area contributed by atoms with E-state index in [0.717, 1.165) is 42.1 Å². The van der Waals surface area contributed by atoms with E-state index >= 15 is 0 Å². The molecule has 1 aromatic carbocycles. The van der Waals surface area contributed by atoms with E-state index in [9.17, 15) is 14.4 Å². The molecule has 0 saturated carbocycles. The normalized spacial score (nSPS) is 11.3. The highest BCUT2D eigenvalue weighted by atomic mass is 16.2. The number of benzene rings is 1. The summed E-state index contributed by atoms with van der Waals surface area (Å²) < 4.78 is 0. The van der Waals surface area contributed by atoms with Crippen molar-refractivity contribution >= 4 is 40.4 Å². The van der Waals surface area contributed by atoms with Gasteiger partial charge in [0.2, 0.25) is 11.8 Å². The lowest BCUT2D eigenvalue weighted by Crippen LogP contribution is -2.28. The number of carbonyl (C=O) groups is 3. The Balaban J connectivity index is 0. The van der Waals surface area contributed by atoms with Crippen molar-refractivity contribution in [3.8, 4) is 0 Å². The van der Waals surface area contributed by atoms with Gasteiger partial charge < -0.3 is 26.1 Å². The van der Waals surface area contributed by atoms with Crippen LogP contribution in [0, 0.1) is 0 Å². The highest BCUT2D eigenvalue weighted by Crippen LogP contribution is 2.22. The van der Waals surface area contributed by atoms with Gasteiger partial charge >= 0.3 is 0 Å². The summed E-state index contributed by atoms with van der Waals surface area (Å²) in [6, 6.07) is 7.61. The Morgan fingerprint density at radius 1 is 1.13 bits per heavy atom. The topological polar surface area (TPSA) is 117 Å². The number of likely N-dealkylation sites (N-methyl/N-ethyl adjacent to an activating group) is 1. The molecule has 8 heteroatoms. The van der Waals surface area contributed by atoms with Crippen LogP contribution in [0.25, 0.3) is 10.8 Å². The van der Waals surface area contributed by atoms with E-state index in [4.69, 9.17) is 5.73 Å². The number of rotatable bonds is 11. The van der Waals surface area contributed by atoms with E-state index in [1.165, 1.54) is 6.92 Å². The van der Waals surface area contributed by atoms with Gasteiger partial charge in [-0.2, -0.15) is 0 Å². The molecule has 4 N–H and O–H groups in total. The van der Waals surface area contributed by atoms with Crippen molar-refractivity contribution in [3.63, 3.8) is 0 Å². The van der Waals surface area contributed by atoms with Crippen molar-refractivity contribution in [1.29, 1.82) is 0 Å². The first-order valence-electron chi connectivity index (χ1n) is 14.0. The van der Waals surface area contributed by atoms with Crippen molar-refractivity contribution in [2.45, 2.75) is 87.1 Å². The zero-order chi connectivity index (χ0) is 30.2. The maximum absolute atomic E-state index is 11.5. The molecule has 1 atom stereocenters. The van der Waals surface area contributed by atoms with Crippen molar-refractivity contribution in [2.24, 2.45) is 0 Å². The van der Waals surface area contributed by atoms with Crippen LogP contribution in [-0.2, 0) is 14.4 Å². The van der Waals surface area contributed by atoms with Gasteiger partial charge in [-0.05, 0) is 69.1 Å². The first-order valence-corrected chi connectivity index (χ1v) is 14.0. The lowest BCUT2D eigenvalue weighted by atomic mass is 10.1. The SMILES string of the molecule is CC.CC.CC/C=C(\C=C/C(C)N(C)CCC)NC(C)=O.Nc1nccc2cc(NC(=O)CCC=O)ccc12. The largest absolute Gasteiger partial charge is 0.383 e. The predicted molar refractivity (Wildman–Crippen MR) is 166 cm³/mol. The fourth-order valence-corrected chi connectivity index (χ4v) is 3.22. The average molecular weight is 542 g/mol. The number of allylic oxidation sites excluding steroid dienone is 2. The molecule has 2 rings (SSSR count).